The summed E-state index contributed by atoms with van der Waals surface area (Å²) in [5.41, 5.74) is 2.03. The molecule has 0 saturated heterocycles. The van der Waals surface area contributed by atoms with Crippen molar-refractivity contribution in [2.75, 3.05) is 12.8 Å². The molecule has 0 heterocycles. The van der Waals surface area contributed by atoms with Crippen LogP contribution in [0.2, 0.25) is 0 Å². The molecule has 0 unspecified atom stereocenters. The molecule has 0 aliphatic rings. The second-order valence-electron chi connectivity index (χ2n) is 4.37. The third kappa shape index (κ3) is 5.16. The molecule has 2 aromatic carbocycles. The lowest BCUT2D eigenvalue weighted by Gasteiger charge is -2.06. The number of rotatable bonds is 6. The molecule has 0 amide bonds. The fourth-order valence-electron chi connectivity index (χ4n) is 1.90. The van der Waals surface area contributed by atoms with Crippen LogP contribution in [0.3, 0.4) is 0 Å². The van der Waals surface area contributed by atoms with Gasteiger partial charge in [-0.2, -0.15) is 0 Å². The standard InChI is InChI=1S/C16H18FNS.ClH/c1-19-15-8-6-13(7-9-15)12-18-11-10-14-4-2-3-5-16(14)17;/h2-9,18H,10-12H2,1H3;1H/p-1. The lowest BCUT2D eigenvalue weighted by molar-refractivity contribution is -0.00000445. The Morgan fingerprint density at radius 3 is 2.40 bits per heavy atom. The van der Waals surface area contributed by atoms with E-state index in [0.29, 0.717) is 0 Å². The fourth-order valence-corrected chi connectivity index (χ4v) is 2.31. The Morgan fingerprint density at radius 1 is 1.05 bits per heavy atom. The van der Waals surface area contributed by atoms with Crippen molar-refractivity contribution in [3.63, 3.8) is 0 Å². The van der Waals surface area contributed by atoms with E-state index in [9.17, 15) is 4.39 Å². The molecule has 0 saturated carbocycles. The predicted molar refractivity (Wildman–Crippen MR) is 80.0 cm³/mol. The maximum absolute atomic E-state index is 13.4. The van der Waals surface area contributed by atoms with Gasteiger partial charge >= 0.3 is 0 Å². The molecule has 0 aliphatic carbocycles. The highest BCUT2D eigenvalue weighted by molar-refractivity contribution is 7.98. The fraction of sp³-hybridized carbons (Fsp3) is 0.250. The van der Waals surface area contributed by atoms with Crippen molar-refractivity contribution in [3.8, 4) is 0 Å². The second-order valence-corrected chi connectivity index (χ2v) is 5.25. The molecule has 0 spiro atoms. The van der Waals surface area contributed by atoms with E-state index in [1.54, 1.807) is 17.8 Å². The molecule has 0 radical (unpaired) electrons. The van der Waals surface area contributed by atoms with Gasteiger partial charge in [0.25, 0.3) is 0 Å². The van der Waals surface area contributed by atoms with Gasteiger partial charge in [0, 0.05) is 11.4 Å². The zero-order valence-corrected chi connectivity index (χ0v) is 13.0. The molecule has 0 fully saturated rings. The highest BCUT2D eigenvalue weighted by atomic mass is 35.5. The van der Waals surface area contributed by atoms with E-state index in [1.807, 2.05) is 12.1 Å². The highest BCUT2D eigenvalue weighted by Gasteiger charge is 2.00. The zero-order valence-electron chi connectivity index (χ0n) is 11.4. The Bertz CT molecular complexity index is 516. The molecule has 4 heteroatoms. The van der Waals surface area contributed by atoms with Crippen LogP contribution in [0, 0.1) is 5.82 Å². The lowest BCUT2D eigenvalue weighted by atomic mass is 10.1. The van der Waals surface area contributed by atoms with Crippen LogP contribution in [0.1, 0.15) is 11.1 Å². The molecular formula is C16H18ClFNS-. The van der Waals surface area contributed by atoms with Gasteiger partial charge in [-0.3, -0.25) is 0 Å². The van der Waals surface area contributed by atoms with Gasteiger partial charge in [-0.1, -0.05) is 30.3 Å². The summed E-state index contributed by atoms with van der Waals surface area (Å²) in [6, 6.07) is 15.4. The van der Waals surface area contributed by atoms with Crippen LogP contribution in [0.15, 0.2) is 53.4 Å². The Hall–Kier alpha value is -1.03. The summed E-state index contributed by atoms with van der Waals surface area (Å²) in [7, 11) is 0. The van der Waals surface area contributed by atoms with E-state index in [0.717, 1.165) is 25.1 Å². The first-order valence-electron chi connectivity index (χ1n) is 6.36. The average Bonchev–Trinajstić information content (AvgIpc) is 2.46. The van der Waals surface area contributed by atoms with Crippen LogP contribution in [0.25, 0.3) is 0 Å². The van der Waals surface area contributed by atoms with Gasteiger partial charge in [0.1, 0.15) is 5.82 Å². The minimum absolute atomic E-state index is 0. The van der Waals surface area contributed by atoms with E-state index in [-0.39, 0.29) is 18.2 Å². The molecule has 2 aromatic rings. The third-order valence-corrected chi connectivity index (χ3v) is 3.76. The molecule has 1 N–H and O–H groups in total. The van der Waals surface area contributed by atoms with Gasteiger partial charge in [-0.05, 0) is 48.5 Å². The van der Waals surface area contributed by atoms with Gasteiger partial charge in [-0.15, -0.1) is 11.8 Å². The molecule has 0 aromatic heterocycles. The van der Waals surface area contributed by atoms with E-state index >= 15 is 0 Å². The van der Waals surface area contributed by atoms with Crippen molar-refractivity contribution in [2.24, 2.45) is 0 Å². The molecule has 0 bridgehead atoms. The summed E-state index contributed by atoms with van der Waals surface area (Å²) in [4.78, 5) is 1.27. The molecule has 108 valence electrons. The minimum atomic E-state index is -0.117. The van der Waals surface area contributed by atoms with Gasteiger partial charge in [0.2, 0.25) is 0 Å². The summed E-state index contributed by atoms with van der Waals surface area (Å²) in [5, 5.41) is 3.34. The second kappa shape index (κ2) is 9.01. The molecule has 2 rings (SSSR count). The smallest absolute Gasteiger partial charge is 0.126 e. The Morgan fingerprint density at radius 2 is 1.75 bits per heavy atom. The molecule has 20 heavy (non-hydrogen) atoms. The Labute approximate surface area is 130 Å². The number of thioether (sulfide) groups is 1. The normalized spacial score (nSPS) is 10.1. The average molecular weight is 311 g/mol. The largest absolute Gasteiger partial charge is 1.00 e. The summed E-state index contributed by atoms with van der Waals surface area (Å²) < 4.78 is 13.4. The van der Waals surface area contributed by atoms with Gasteiger partial charge in [-0.25, -0.2) is 4.39 Å². The first-order valence-corrected chi connectivity index (χ1v) is 7.59. The summed E-state index contributed by atoms with van der Waals surface area (Å²) >= 11 is 1.74. The van der Waals surface area contributed by atoms with Crippen molar-refractivity contribution in [1.29, 1.82) is 0 Å². The maximum atomic E-state index is 13.4. The van der Waals surface area contributed by atoms with Gasteiger partial charge in [0.15, 0.2) is 0 Å². The van der Waals surface area contributed by atoms with Crippen LogP contribution >= 0.6 is 11.8 Å². The third-order valence-electron chi connectivity index (χ3n) is 3.02. The van der Waals surface area contributed by atoms with Gasteiger partial charge in [0.05, 0.1) is 0 Å². The molecule has 0 aliphatic heterocycles. The van der Waals surface area contributed by atoms with Crippen molar-refractivity contribution in [2.45, 2.75) is 17.9 Å². The zero-order chi connectivity index (χ0) is 13.5. The number of halogens is 2. The number of benzene rings is 2. The van der Waals surface area contributed by atoms with Crippen molar-refractivity contribution < 1.29 is 16.8 Å². The van der Waals surface area contributed by atoms with Crippen molar-refractivity contribution in [1.82, 2.24) is 5.32 Å². The summed E-state index contributed by atoms with van der Waals surface area (Å²) in [6.45, 7) is 1.61. The predicted octanol–water partition coefficient (Wildman–Crippen LogP) is 0.884. The van der Waals surface area contributed by atoms with Crippen LogP contribution in [-0.2, 0) is 13.0 Å². The first kappa shape index (κ1) is 17.0. The van der Waals surface area contributed by atoms with E-state index < -0.39 is 0 Å². The van der Waals surface area contributed by atoms with E-state index in [2.05, 4.69) is 35.8 Å². The van der Waals surface area contributed by atoms with E-state index in [4.69, 9.17) is 0 Å². The number of hydrogen-bond donors (Lipinski definition) is 1. The van der Waals surface area contributed by atoms with Crippen molar-refractivity contribution >= 4 is 11.8 Å². The molecular weight excluding hydrogens is 293 g/mol. The Balaban J connectivity index is 0.00000200. The highest BCUT2D eigenvalue weighted by Crippen LogP contribution is 2.14. The van der Waals surface area contributed by atoms with E-state index in [1.165, 1.54) is 16.5 Å². The number of nitrogens with one attached hydrogen (secondary N) is 1. The SMILES string of the molecule is CSc1ccc(CNCCc2ccccc2F)cc1.[Cl-]. The number of hydrogen-bond acceptors (Lipinski definition) is 2. The topological polar surface area (TPSA) is 12.0 Å². The maximum Gasteiger partial charge on any atom is 0.126 e. The molecule has 0 atom stereocenters. The molecule has 1 nitrogen and oxygen atoms in total. The first-order chi connectivity index (χ1) is 9.29. The summed E-state index contributed by atoms with van der Waals surface area (Å²) in [6.07, 6.45) is 2.79. The minimum Gasteiger partial charge on any atom is -1.00 e. The summed E-state index contributed by atoms with van der Waals surface area (Å²) in [5.74, 6) is -0.117. The Kier molecular flexibility index (Phi) is 7.67. The van der Waals surface area contributed by atoms with Gasteiger partial charge < -0.3 is 17.7 Å². The van der Waals surface area contributed by atoms with Crippen LogP contribution < -0.4 is 17.7 Å². The van der Waals surface area contributed by atoms with Crippen LogP contribution in [-0.4, -0.2) is 12.8 Å². The monoisotopic (exact) mass is 310 g/mol. The van der Waals surface area contributed by atoms with Crippen LogP contribution in [0.4, 0.5) is 4.39 Å². The van der Waals surface area contributed by atoms with Crippen molar-refractivity contribution in [3.05, 3.63) is 65.5 Å². The lowest BCUT2D eigenvalue weighted by Crippen LogP contribution is -3.00. The quantitative estimate of drug-likeness (QED) is 0.628. The van der Waals surface area contributed by atoms with Crippen LogP contribution in [0.5, 0.6) is 0 Å².